The second-order valence-corrected chi connectivity index (χ2v) is 4.00. The smallest absolute Gasteiger partial charge is 0.254 e. The van der Waals surface area contributed by atoms with Crippen LogP contribution in [0.4, 0.5) is 5.69 Å². The topological polar surface area (TPSA) is 78.3 Å². The fourth-order valence-electron chi connectivity index (χ4n) is 1.52. The first-order valence-electron chi connectivity index (χ1n) is 4.32. The third-order valence-corrected chi connectivity index (χ3v) is 2.81. The van der Waals surface area contributed by atoms with Crippen LogP contribution in [0.25, 0.3) is 6.08 Å². The van der Waals surface area contributed by atoms with E-state index in [-0.39, 0.29) is 5.56 Å². The molecule has 0 saturated heterocycles. The highest BCUT2D eigenvalue weighted by molar-refractivity contribution is 9.10. The van der Waals surface area contributed by atoms with E-state index in [1.807, 2.05) is 12.2 Å². The standard InChI is InChI=1S/C10H9BrN2O2/c11-6-4-7(12)8(10(13)14)9-5(6)2-1-3-15-9/h1-2,4H,3,12H2,(H2,13,14). The van der Waals surface area contributed by atoms with Gasteiger partial charge in [0, 0.05) is 15.7 Å². The third-order valence-electron chi connectivity index (χ3n) is 2.15. The number of nitrogen functional groups attached to an aromatic ring is 1. The molecule has 0 atom stereocenters. The Kier molecular flexibility index (Phi) is 2.40. The number of ether oxygens (including phenoxy) is 1. The summed E-state index contributed by atoms with van der Waals surface area (Å²) in [7, 11) is 0. The molecule has 0 radical (unpaired) electrons. The summed E-state index contributed by atoms with van der Waals surface area (Å²) in [5.74, 6) is -0.122. The Morgan fingerprint density at radius 3 is 2.93 bits per heavy atom. The van der Waals surface area contributed by atoms with Gasteiger partial charge in [0.05, 0.1) is 0 Å². The van der Waals surface area contributed by atoms with E-state index in [2.05, 4.69) is 15.9 Å². The molecule has 0 saturated carbocycles. The predicted octanol–water partition coefficient (Wildman–Crippen LogP) is 1.54. The molecule has 1 aliphatic rings. The molecule has 1 aliphatic heterocycles. The zero-order valence-corrected chi connectivity index (χ0v) is 9.37. The van der Waals surface area contributed by atoms with Gasteiger partial charge >= 0.3 is 0 Å². The van der Waals surface area contributed by atoms with Gasteiger partial charge < -0.3 is 16.2 Å². The summed E-state index contributed by atoms with van der Waals surface area (Å²) in [6, 6.07) is 1.65. The molecule has 2 rings (SSSR count). The summed E-state index contributed by atoms with van der Waals surface area (Å²) in [6.45, 7) is 0.420. The molecule has 15 heavy (non-hydrogen) atoms. The lowest BCUT2D eigenvalue weighted by Crippen LogP contribution is -2.17. The lowest BCUT2D eigenvalue weighted by atomic mass is 10.0. The van der Waals surface area contributed by atoms with Gasteiger partial charge in [-0.3, -0.25) is 4.79 Å². The van der Waals surface area contributed by atoms with Gasteiger partial charge in [-0.2, -0.15) is 0 Å². The van der Waals surface area contributed by atoms with E-state index in [0.717, 1.165) is 10.0 Å². The van der Waals surface area contributed by atoms with Crippen LogP contribution in [-0.2, 0) is 0 Å². The fourth-order valence-corrected chi connectivity index (χ4v) is 2.08. The molecular formula is C10H9BrN2O2. The van der Waals surface area contributed by atoms with Crippen LogP contribution in [0, 0.1) is 0 Å². The third kappa shape index (κ3) is 1.59. The van der Waals surface area contributed by atoms with E-state index in [9.17, 15) is 4.79 Å². The van der Waals surface area contributed by atoms with Crippen molar-refractivity contribution >= 4 is 33.6 Å². The number of hydrogen-bond acceptors (Lipinski definition) is 3. The Morgan fingerprint density at radius 2 is 2.27 bits per heavy atom. The molecule has 1 aromatic carbocycles. The van der Waals surface area contributed by atoms with Crippen LogP contribution in [-0.4, -0.2) is 12.5 Å². The number of anilines is 1. The van der Waals surface area contributed by atoms with Gasteiger partial charge in [-0.15, -0.1) is 0 Å². The van der Waals surface area contributed by atoms with Crippen LogP contribution in [0.1, 0.15) is 15.9 Å². The van der Waals surface area contributed by atoms with E-state index >= 15 is 0 Å². The van der Waals surface area contributed by atoms with Crippen LogP contribution in [0.2, 0.25) is 0 Å². The number of halogens is 1. The molecule has 0 aliphatic carbocycles. The number of benzene rings is 1. The first-order chi connectivity index (χ1) is 7.11. The minimum Gasteiger partial charge on any atom is -0.488 e. The summed E-state index contributed by atoms with van der Waals surface area (Å²) in [5, 5.41) is 0. The minimum absolute atomic E-state index is 0.248. The Bertz CT molecular complexity index is 469. The second kappa shape index (κ2) is 3.58. The van der Waals surface area contributed by atoms with Gasteiger partial charge in [-0.05, 0) is 28.1 Å². The van der Waals surface area contributed by atoms with Crippen molar-refractivity contribution in [1.29, 1.82) is 0 Å². The summed E-state index contributed by atoms with van der Waals surface area (Å²) < 4.78 is 6.17. The Balaban J connectivity index is 2.75. The van der Waals surface area contributed by atoms with Crippen molar-refractivity contribution in [2.24, 2.45) is 5.73 Å². The number of carbonyl (C=O) groups is 1. The minimum atomic E-state index is -0.577. The van der Waals surface area contributed by atoms with Gasteiger partial charge in [-0.1, -0.05) is 6.08 Å². The van der Waals surface area contributed by atoms with E-state index < -0.39 is 5.91 Å². The molecule has 0 unspecified atom stereocenters. The maximum Gasteiger partial charge on any atom is 0.254 e. The van der Waals surface area contributed by atoms with E-state index in [1.54, 1.807) is 6.07 Å². The zero-order valence-electron chi connectivity index (χ0n) is 7.79. The molecule has 0 aromatic heterocycles. The molecule has 1 amide bonds. The Labute approximate surface area is 95.0 Å². The monoisotopic (exact) mass is 268 g/mol. The molecule has 0 bridgehead atoms. The Hall–Kier alpha value is -1.49. The van der Waals surface area contributed by atoms with Gasteiger partial charge in [0.15, 0.2) is 0 Å². The van der Waals surface area contributed by atoms with Crippen LogP contribution < -0.4 is 16.2 Å². The van der Waals surface area contributed by atoms with Crippen LogP contribution in [0.5, 0.6) is 5.75 Å². The molecule has 0 spiro atoms. The van der Waals surface area contributed by atoms with Gasteiger partial charge in [0.1, 0.15) is 17.9 Å². The first-order valence-corrected chi connectivity index (χ1v) is 5.11. The number of rotatable bonds is 1. The number of fused-ring (bicyclic) bond motifs is 1. The van der Waals surface area contributed by atoms with Crippen molar-refractivity contribution in [3.05, 3.63) is 27.7 Å². The summed E-state index contributed by atoms with van der Waals surface area (Å²) >= 11 is 3.35. The van der Waals surface area contributed by atoms with Crippen molar-refractivity contribution < 1.29 is 9.53 Å². The average molecular weight is 269 g/mol. The van der Waals surface area contributed by atoms with Crippen molar-refractivity contribution in [3.63, 3.8) is 0 Å². The number of hydrogen-bond donors (Lipinski definition) is 2. The molecule has 4 nitrogen and oxygen atoms in total. The van der Waals surface area contributed by atoms with E-state index in [4.69, 9.17) is 16.2 Å². The predicted molar refractivity (Wildman–Crippen MR) is 61.6 cm³/mol. The molecule has 1 heterocycles. The van der Waals surface area contributed by atoms with Crippen LogP contribution in [0.3, 0.4) is 0 Å². The molecule has 1 aromatic rings. The van der Waals surface area contributed by atoms with E-state index in [1.165, 1.54) is 0 Å². The highest BCUT2D eigenvalue weighted by atomic mass is 79.9. The number of nitrogens with two attached hydrogens (primary N) is 2. The van der Waals surface area contributed by atoms with Gasteiger partial charge in [-0.25, -0.2) is 0 Å². The van der Waals surface area contributed by atoms with Crippen LogP contribution in [0.15, 0.2) is 16.6 Å². The fraction of sp³-hybridized carbons (Fsp3) is 0.100. The van der Waals surface area contributed by atoms with Crippen LogP contribution >= 0.6 is 15.9 Å². The van der Waals surface area contributed by atoms with Crippen molar-refractivity contribution in [1.82, 2.24) is 0 Å². The SMILES string of the molecule is NC(=O)c1c(N)cc(Br)c2c1OCC=C2. The van der Waals surface area contributed by atoms with Crippen molar-refractivity contribution in [2.75, 3.05) is 12.3 Å². The lowest BCUT2D eigenvalue weighted by Gasteiger charge is -2.18. The Morgan fingerprint density at radius 1 is 1.53 bits per heavy atom. The molecule has 5 heteroatoms. The molecule has 0 fully saturated rings. The zero-order chi connectivity index (χ0) is 11.0. The second-order valence-electron chi connectivity index (χ2n) is 3.14. The molecule has 4 N–H and O–H groups in total. The highest BCUT2D eigenvalue weighted by Crippen LogP contribution is 2.37. The quantitative estimate of drug-likeness (QED) is 0.759. The van der Waals surface area contributed by atoms with Gasteiger partial charge in [0.25, 0.3) is 5.91 Å². The van der Waals surface area contributed by atoms with Gasteiger partial charge in [0.2, 0.25) is 0 Å². The maximum atomic E-state index is 11.2. The molecule has 78 valence electrons. The average Bonchev–Trinajstić information content (AvgIpc) is 2.17. The number of primary amides is 1. The van der Waals surface area contributed by atoms with Crippen molar-refractivity contribution in [2.45, 2.75) is 0 Å². The largest absolute Gasteiger partial charge is 0.488 e. The summed E-state index contributed by atoms with van der Waals surface area (Å²) in [4.78, 5) is 11.2. The summed E-state index contributed by atoms with van der Waals surface area (Å²) in [6.07, 6.45) is 3.73. The summed E-state index contributed by atoms with van der Waals surface area (Å²) in [5.41, 5.74) is 12.3. The number of amides is 1. The van der Waals surface area contributed by atoms with Crippen molar-refractivity contribution in [3.8, 4) is 5.75 Å². The maximum absolute atomic E-state index is 11.2. The van der Waals surface area contributed by atoms with E-state index in [0.29, 0.717) is 18.0 Å². The first kappa shape index (κ1) is 10.0. The normalized spacial score (nSPS) is 13.1. The number of carbonyl (C=O) groups excluding carboxylic acids is 1. The molecular weight excluding hydrogens is 260 g/mol. The lowest BCUT2D eigenvalue weighted by molar-refractivity contribution is 0.0997. The highest BCUT2D eigenvalue weighted by Gasteiger charge is 2.20.